The molecule has 2 aromatic carbocycles. The second-order valence-corrected chi connectivity index (χ2v) is 6.42. The first kappa shape index (κ1) is 17.9. The number of alkyl carbamates (subject to hydrolysis) is 1. The lowest BCUT2D eigenvalue weighted by Crippen LogP contribution is -2.35. The van der Waals surface area contributed by atoms with E-state index in [0.29, 0.717) is 0 Å². The highest BCUT2D eigenvalue weighted by atomic mass is 19.1. The maximum Gasteiger partial charge on any atom is 0.407 e. The predicted molar refractivity (Wildman–Crippen MR) is 94.8 cm³/mol. The van der Waals surface area contributed by atoms with Crippen LogP contribution < -0.4 is 5.32 Å². The molecule has 2 N–H and O–H groups in total. The maximum atomic E-state index is 13.3. The van der Waals surface area contributed by atoms with Crippen LogP contribution in [0.1, 0.15) is 24.0 Å². The molecule has 0 fully saturated rings. The molecule has 0 bridgehead atoms. The van der Waals surface area contributed by atoms with Crippen LogP contribution in [0.5, 0.6) is 0 Å². The average molecular weight is 357 g/mol. The standard InChI is InChI=1S/C20H20FNO4/c1-12(18(21)19(23)24)10-22-20(25)26-11-17-15-8-4-2-6-13(15)14-7-3-5-9-16(14)17/h2-9,12,17-18H,10-11H2,1H3,(H,22,25)(H,23,24). The fourth-order valence-corrected chi connectivity index (χ4v) is 3.24. The number of alkyl halides is 1. The molecule has 136 valence electrons. The number of nitrogens with one attached hydrogen (secondary N) is 1. The second-order valence-electron chi connectivity index (χ2n) is 6.42. The van der Waals surface area contributed by atoms with Gasteiger partial charge in [-0.15, -0.1) is 0 Å². The van der Waals surface area contributed by atoms with Crippen molar-refractivity contribution in [3.8, 4) is 11.1 Å². The van der Waals surface area contributed by atoms with Crippen LogP contribution >= 0.6 is 0 Å². The van der Waals surface area contributed by atoms with E-state index in [1.54, 1.807) is 0 Å². The smallest absolute Gasteiger partial charge is 0.407 e. The number of carboxylic acid groups (broad SMARTS) is 1. The molecule has 5 nitrogen and oxygen atoms in total. The zero-order valence-electron chi connectivity index (χ0n) is 14.3. The summed E-state index contributed by atoms with van der Waals surface area (Å²) in [4.78, 5) is 22.5. The van der Waals surface area contributed by atoms with Crippen LogP contribution in [0.4, 0.5) is 9.18 Å². The van der Waals surface area contributed by atoms with E-state index in [4.69, 9.17) is 9.84 Å². The van der Waals surface area contributed by atoms with Crippen LogP contribution in [-0.2, 0) is 9.53 Å². The number of carbonyl (C=O) groups excluding carboxylic acids is 1. The lowest BCUT2D eigenvalue weighted by atomic mass is 9.98. The molecule has 0 saturated heterocycles. The summed E-state index contributed by atoms with van der Waals surface area (Å²) in [6.07, 6.45) is -2.71. The molecule has 1 aliphatic carbocycles. The monoisotopic (exact) mass is 357 g/mol. The number of ether oxygens (including phenoxy) is 1. The van der Waals surface area contributed by atoms with Crippen molar-refractivity contribution in [2.75, 3.05) is 13.2 Å². The normalized spacial score (nSPS) is 14.8. The van der Waals surface area contributed by atoms with E-state index in [2.05, 4.69) is 5.32 Å². The topological polar surface area (TPSA) is 75.6 Å². The number of rotatable bonds is 6. The number of carbonyl (C=O) groups is 2. The van der Waals surface area contributed by atoms with Crippen molar-refractivity contribution in [2.45, 2.75) is 19.0 Å². The molecule has 2 atom stereocenters. The summed E-state index contributed by atoms with van der Waals surface area (Å²) in [5.41, 5.74) is 4.47. The van der Waals surface area contributed by atoms with E-state index >= 15 is 0 Å². The van der Waals surface area contributed by atoms with Gasteiger partial charge in [-0.05, 0) is 22.3 Å². The Morgan fingerprint density at radius 1 is 1.12 bits per heavy atom. The first-order valence-corrected chi connectivity index (χ1v) is 8.44. The summed E-state index contributed by atoms with van der Waals surface area (Å²) in [6.45, 7) is 1.47. The van der Waals surface area contributed by atoms with Crippen molar-refractivity contribution in [2.24, 2.45) is 5.92 Å². The van der Waals surface area contributed by atoms with Crippen LogP contribution in [0.2, 0.25) is 0 Å². The molecule has 0 aliphatic heterocycles. The third kappa shape index (κ3) is 3.54. The molecular weight excluding hydrogens is 337 g/mol. The highest BCUT2D eigenvalue weighted by Crippen LogP contribution is 2.44. The van der Waals surface area contributed by atoms with Gasteiger partial charge in [-0.25, -0.2) is 14.0 Å². The van der Waals surface area contributed by atoms with Crippen molar-refractivity contribution in [3.63, 3.8) is 0 Å². The van der Waals surface area contributed by atoms with Gasteiger partial charge in [0.25, 0.3) is 0 Å². The van der Waals surface area contributed by atoms with Gasteiger partial charge < -0.3 is 15.2 Å². The van der Waals surface area contributed by atoms with Crippen molar-refractivity contribution in [1.82, 2.24) is 5.32 Å². The van der Waals surface area contributed by atoms with Gasteiger partial charge in [0.2, 0.25) is 6.17 Å². The number of fused-ring (bicyclic) bond motifs is 3. The Labute approximate surface area is 150 Å². The van der Waals surface area contributed by atoms with Gasteiger partial charge in [0.05, 0.1) is 0 Å². The summed E-state index contributed by atoms with van der Waals surface area (Å²) >= 11 is 0. The highest BCUT2D eigenvalue weighted by Gasteiger charge is 2.29. The molecule has 6 heteroatoms. The van der Waals surface area contributed by atoms with E-state index in [1.165, 1.54) is 6.92 Å². The first-order valence-electron chi connectivity index (χ1n) is 8.44. The maximum absolute atomic E-state index is 13.3. The van der Waals surface area contributed by atoms with Crippen LogP contribution in [-0.4, -0.2) is 36.5 Å². The van der Waals surface area contributed by atoms with Crippen molar-refractivity contribution in [3.05, 3.63) is 59.7 Å². The van der Waals surface area contributed by atoms with Crippen LogP contribution in [0.15, 0.2) is 48.5 Å². The lowest BCUT2D eigenvalue weighted by molar-refractivity contribution is -0.144. The minimum Gasteiger partial charge on any atom is -0.479 e. The number of carboxylic acids is 1. The van der Waals surface area contributed by atoms with Crippen molar-refractivity contribution in [1.29, 1.82) is 0 Å². The molecule has 3 rings (SSSR count). The highest BCUT2D eigenvalue weighted by molar-refractivity contribution is 5.79. The van der Waals surface area contributed by atoms with Crippen LogP contribution in [0, 0.1) is 5.92 Å². The van der Waals surface area contributed by atoms with E-state index in [-0.39, 0.29) is 19.1 Å². The van der Waals surface area contributed by atoms with Gasteiger partial charge >= 0.3 is 12.1 Å². The molecule has 0 radical (unpaired) electrons. The summed E-state index contributed by atoms with van der Waals surface area (Å²) in [5.74, 6) is -2.43. The number of hydrogen-bond donors (Lipinski definition) is 2. The minimum absolute atomic E-state index is 0.0569. The Kier molecular flexibility index (Phi) is 5.21. The van der Waals surface area contributed by atoms with E-state index < -0.39 is 24.2 Å². The van der Waals surface area contributed by atoms with Gasteiger partial charge in [0.15, 0.2) is 0 Å². The van der Waals surface area contributed by atoms with E-state index in [0.717, 1.165) is 22.3 Å². The molecule has 26 heavy (non-hydrogen) atoms. The Hall–Kier alpha value is -2.89. The summed E-state index contributed by atoms with van der Waals surface area (Å²) < 4.78 is 18.7. The molecule has 1 aliphatic rings. The Bertz CT molecular complexity index is 777. The predicted octanol–water partition coefficient (Wildman–Crippen LogP) is 3.58. The molecular formula is C20H20FNO4. The van der Waals surface area contributed by atoms with Gasteiger partial charge in [-0.2, -0.15) is 0 Å². The van der Waals surface area contributed by atoms with Crippen LogP contribution in [0.25, 0.3) is 11.1 Å². The molecule has 2 unspecified atom stereocenters. The molecule has 0 aromatic heterocycles. The number of hydrogen-bond acceptors (Lipinski definition) is 3. The fraction of sp³-hybridized carbons (Fsp3) is 0.300. The van der Waals surface area contributed by atoms with Crippen molar-refractivity contribution >= 4 is 12.1 Å². The third-order valence-electron chi connectivity index (χ3n) is 4.65. The van der Waals surface area contributed by atoms with E-state index in [1.807, 2.05) is 48.5 Å². The molecule has 0 heterocycles. The second kappa shape index (κ2) is 7.56. The van der Waals surface area contributed by atoms with E-state index in [9.17, 15) is 14.0 Å². The summed E-state index contributed by atoms with van der Waals surface area (Å²) in [6, 6.07) is 16.0. The molecule has 2 aromatic rings. The summed E-state index contributed by atoms with van der Waals surface area (Å²) in [5, 5.41) is 11.1. The Morgan fingerprint density at radius 3 is 2.19 bits per heavy atom. The number of halogens is 1. The minimum atomic E-state index is -2.02. The number of aliphatic carboxylic acids is 1. The van der Waals surface area contributed by atoms with Gasteiger partial charge in [-0.1, -0.05) is 55.5 Å². The lowest BCUT2D eigenvalue weighted by Gasteiger charge is -2.16. The largest absolute Gasteiger partial charge is 0.479 e. The first-order chi connectivity index (χ1) is 12.5. The molecule has 0 spiro atoms. The number of benzene rings is 2. The van der Waals surface area contributed by atoms with Gasteiger partial charge in [0, 0.05) is 18.4 Å². The Morgan fingerprint density at radius 2 is 1.65 bits per heavy atom. The summed E-state index contributed by atoms with van der Waals surface area (Å²) in [7, 11) is 0. The Balaban J connectivity index is 1.61. The van der Waals surface area contributed by atoms with Gasteiger partial charge in [-0.3, -0.25) is 0 Å². The zero-order valence-corrected chi connectivity index (χ0v) is 14.3. The van der Waals surface area contributed by atoms with Crippen molar-refractivity contribution < 1.29 is 23.8 Å². The average Bonchev–Trinajstić information content (AvgIpc) is 2.97. The zero-order chi connectivity index (χ0) is 18.7. The number of amides is 1. The quantitative estimate of drug-likeness (QED) is 0.828. The SMILES string of the molecule is CC(CNC(=O)OCC1c2ccccc2-c2ccccc21)C(F)C(=O)O. The molecule has 1 amide bonds. The van der Waals surface area contributed by atoms with Gasteiger partial charge in [0.1, 0.15) is 6.61 Å². The van der Waals surface area contributed by atoms with Crippen LogP contribution in [0.3, 0.4) is 0 Å². The fourth-order valence-electron chi connectivity index (χ4n) is 3.24. The third-order valence-corrected chi connectivity index (χ3v) is 4.65. The molecule has 0 saturated carbocycles.